The van der Waals surface area contributed by atoms with Gasteiger partial charge >= 0.3 is 0 Å². The van der Waals surface area contributed by atoms with Crippen molar-refractivity contribution in [3.05, 3.63) is 29.3 Å². The second kappa shape index (κ2) is 7.46. The van der Waals surface area contributed by atoms with E-state index >= 15 is 0 Å². The molecule has 1 aromatic rings. The first-order valence-corrected chi connectivity index (χ1v) is 7.53. The van der Waals surface area contributed by atoms with E-state index < -0.39 is 5.54 Å². The minimum absolute atomic E-state index is 0.210. The molecule has 0 fully saturated rings. The second-order valence-electron chi connectivity index (χ2n) is 6.17. The highest BCUT2D eigenvalue weighted by atomic mass is 16.5. The molecule has 0 radical (unpaired) electrons. The van der Waals surface area contributed by atoms with Crippen molar-refractivity contribution in [1.29, 1.82) is 0 Å². The summed E-state index contributed by atoms with van der Waals surface area (Å²) in [5.41, 5.74) is 7.10. The molecule has 3 N–H and O–H groups in total. The molecule has 0 aliphatic heterocycles. The third kappa shape index (κ3) is 5.05. The maximum absolute atomic E-state index is 11.6. The summed E-state index contributed by atoms with van der Waals surface area (Å²) >= 11 is 0. The van der Waals surface area contributed by atoms with Crippen LogP contribution < -0.4 is 15.8 Å². The van der Waals surface area contributed by atoms with Crippen LogP contribution in [0, 0.1) is 13.8 Å². The van der Waals surface area contributed by atoms with Gasteiger partial charge in [-0.2, -0.15) is 0 Å². The maximum atomic E-state index is 11.6. The fraction of sp³-hybridized carbons (Fsp3) is 0.588. The number of aryl methyl sites for hydroxylation is 2. The molecule has 1 amide bonds. The van der Waals surface area contributed by atoms with Gasteiger partial charge in [-0.25, -0.2) is 0 Å². The van der Waals surface area contributed by atoms with Crippen molar-refractivity contribution in [2.24, 2.45) is 5.73 Å². The first kappa shape index (κ1) is 17.5. The number of rotatable bonds is 8. The van der Waals surface area contributed by atoms with Gasteiger partial charge in [0.2, 0.25) is 5.91 Å². The summed E-state index contributed by atoms with van der Waals surface area (Å²) in [6.45, 7) is 10.5. The van der Waals surface area contributed by atoms with Gasteiger partial charge in [-0.05, 0) is 58.6 Å². The van der Waals surface area contributed by atoms with E-state index in [1.807, 2.05) is 52.8 Å². The predicted molar refractivity (Wildman–Crippen MR) is 86.5 cm³/mol. The number of nitrogens with two attached hydrogens (primary N) is 1. The van der Waals surface area contributed by atoms with Crippen molar-refractivity contribution in [2.75, 3.05) is 6.61 Å². The molecule has 0 aliphatic rings. The number of carbonyl (C=O) groups excluding carboxylic acids is 1. The Labute approximate surface area is 128 Å². The zero-order valence-electron chi connectivity index (χ0n) is 13.8. The number of primary amides is 1. The lowest BCUT2D eigenvalue weighted by Crippen LogP contribution is -2.55. The van der Waals surface area contributed by atoms with Crippen LogP contribution in [0.25, 0.3) is 0 Å². The minimum atomic E-state index is -0.682. The van der Waals surface area contributed by atoms with Crippen molar-refractivity contribution in [3.63, 3.8) is 0 Å². The van der Waals surface area contributed by atoms with E-state index in [9.17, 15) is 4.79 Å². The van der Waals surface area contributed by atoms with Crippen molar-refractivity contribution in [3.8, 4) is 5.75 Å². The molecule has 0 spiro atoms. The molecule has 4 heteroatoms. The van der Waals surface area contributed by atoms with E-state index in [-0.39, 0.29) is 11.9 Å². The van der Waals surface area contributed by atoms with Gasteiger partial charge < -0.3 is 15.8 Å². The predicted octanol–water partition coefficient (Wildman–Crippen LogP) is 2.70. The van der Waals surface area contributed by atoms with Crippen LogP contribution in [-0.4, -0.2) is 24.1 Å². The summed E-state index contributed by atoms with van der Waals surface area (Å²) in [4.78, 5) is 11.6. The van der Waals surface area contributed by atoms with Gasteiger partial charge in [0.1, 0.15) is 5.75 Å². The number of benzene rings is 1. The zero-order chi connectivity index (χ0) is 16.0. The van der Waals surface area contributed by atoms with Crippen LogP contribution in [0.5, 0.6) is 5.75 Å². The Morgan fingerprint density at radius 3 is 2.38 bits per heavy atom. The molecule has 1 aromatic carbocycles. The van der Waals surface area contributed by atoms with Gasteiger partial charge in [0.05, 0.1) is 12.1 Å². The number of ether oxygens (including phenoxy) is 1. The number of nitrogens with one attached hydrogen (secondary N) is 1. The van der Waals surface area contributed by atoms with E-state index in [0.29, 0.717) is 13.0 Å². The lowest BCUT2D eigenvalue weighted by atomic mass is 9.94. The Balaban J connectivity index is 2.54. The molecule has 1 unspecified atom stereocenters. The SMILES string of the molecule is Cc1cccc(C)c1OCCCC(C)(NC(C)C)C(N)=O. The van der Waals surface area contributed by atoms with Crippen LogP contribution in [0.3, 0.4) is 0 Å². The minimum Gasteiger partial charge on any atom is -0.493 e. The molecule has 0 aromatic heterocycles. The number of hydrogen-bond acceptors (Lipinski definition) is 3. The second-order valence-corrected chi connectivity index (χ2v) is 6.17. The van der Waals surface area contributed by atoms with Crippen molar-refractivity contribution >= 4 is 5.91 Å². The highest BCUT2D eigenvalue weighted by molar-refractivity contribution is 5.84. The summed E-state index contributed by atoms with van der Waals surface area (Å²) in [5, 5.41) is 3.25. The fourth-order valence-electron chi connectivity index (χ4n) is 2.53. The van der Waals surface area contributed by atoms with Gasteiger partial charge in [-0.1, -0.05) is 18.2 Å². The lowest BCUT2D eigenvalue weighted by molar-refractivity contribution is -0.124. The Bertz CT molecular complexity index is 465. The highest BCUT2D eigenvalue weighted by Gasteiger charge is 2.30. The molecule has 0 aliphatic carbocycles. The molecule has 0 bridgehead atoms. The zero-order valence-corrected chi connectivity index (χ0v) is 13.8. The molecule has 1 atom stereocenters. The first-order valence-electron chi connectivity index (χ1n) is 7.53. The highest BCUT2D eigenvalue weighted by Crippen LogP contribution is 2.23. The van der Waals surface area contributed by atoms with Gasteiger partial charge in [-0.3, -0.25) is 4.79 Å². The smallest absolute Gasteiger partial charge is 0.237 e. The van der Waals surface area contributed by atoms with Crippen LogP contribution in [0.1, 0.15) is 44.7 Å². The third-order valence-electron chi connectivity index (χ3n) is 3.63. The monoisotopic (exact) mass is 292 g/mol. The number of para-hydroxylation sites is 1. The van der Waals surface area contributed by atoms with E-state index in [4.69, 9.17) is 10.5 Å². The van der Waals surface area contributed by atoms with Gasteiger partial charge in [0.15, 0.2) is 0 Å². The molecule has 1 rings (SSSR count). The Morgan fingerprint density at radius 2 is 1.90 bits per heavy atom. The van der Waals surface area contributed by atoms with Crippen LogP contribution in [0.2, 0.25) is 0 Å². The van der Waals surface area contributed by atoms with E-state index in [0.717, 1.165) is 23.3 Å². The van der Waals surface area contributed by atoms with E-state index in [2.05, 4.69) is 5.32 Å². The van der Waals surface area contributed by atoms with Crippen LogP contribution >= 0.6 is 0 Å². The number of amides is 1. The molecule has 118 valence electrons. The molecule has 0 saturated carbocycles. The summed E-state index contributed by atoms with van der Waals surface area (Å²) in [6, 6.07) is 6.31. The summed E-state index contributed by atoms with van der Waals surface area (Å²) in [5.74, 6) is 0.623. The third-order valence-corrected chi connectivity index (χ3v) is 3.63. The van der Waals surface area contributed by atoms with Gasteiger partial charge in [0, 0.05) is 6.04 Å². The fourth-order valence-corrected chi connectivity index (χ4v) is 2.53. The Morgan fingerprint density at radius 1 is 1.33 bits per heavy atom. The number of hydrogen-bond donors (Lipinski definition) is 2. The molecule has 21 heavy (non-hydrogen) atoms. The van der Waals surface area contributed by atoms with Gasteiger partial charge in [-0.15, -0.1) is 0 Å². The van der Waals surface area contributed by atoms with Crippen LogP contribution in [-0.2, 0) is 4.79 Å². The Hall–Kier alpha value is -1.55. The van der Waals surface area contributed by atoms with Crippen molar-refractivity contribution < 1.29 is 9.53 Å². The Kier molecular flexibility index (Phi) is 6.21. The van der Waals surface area contributed by atoms with Crippen LogP contribution in [0.4, 0.5) is 0 Å². The quantitative estimate of drug-likeness (QED) is 0.724. The van der Waals surface area contributed by atoms with E-state index in [1.54, 1.807) is 0 Å². The summed E-state index contributed by atoms with van der Waals surface area (Å²) < 4.78 is 5.87. The van der Waals surface area contributed by atoms with E-state index in [1.165, 1.54) is 0 Å². The lowest BCUT2D eigenvalue weighted by Gasteiger charge is -2.29. The maximum Gasteiger partial charge on any atom is 0.237 e. The normalized spacial score (nSPS) is 14.0. The summed E-state index contributed by atoms with van der Waals surface area (Å²) in [7, 11) is 0. The molecule has 0 saturated heterocycles. The van der Waals surface area contributed by atoms with Crippen LogP contribution in [0.15, 0.2) is 18.2 Å². The standard InChI is InChI=1S/C17H28N2O2/c1-12(2)19-17(5,16(18)20)10-7-11-21-15-13(3)8-6-9-14(15)4/h6,8-9,12,19H,7,10-11H2,1-5H3,(H2,18,20). The van der Waals surface area contributed by atoms with Gasteiger partial charge in [0.25, 0.3) is 0 Å². The average molecular weight is 292 g/mol. The molecular formula is C17H28N2O2. The largest absolute Gasteiger partial charge is 0.493 e. The number of carbonyl (C=O) groups is 1. The molecular weight excluding hydrogens is 264 g/mol. The topological polar surface area (TPSA) is 64.3 Å². The molecule has 4 nitrogen and oxygen atoms in total. The summed E-state index contributed by atoms with van der Waals surface area (Å²) in [6.07, 6.45) is 1.43. The molecule has 0 heterocycles. The van der Waals surface area contributed by atoms with Crippen molar-refractivity contribution in [1.82, 2.24) is 5.32 Å². The average Bonchev–Trinajstić information content (AvgIpc) is 2.36. The first-order chi connectivity index (χ1) is 9.76. The van der Waals surface area contributed by atoms with Crippen molar-refractivity contribution in [2.45, 2.75) is 59.0 Å².